The monoisotopic (exact) mass is 323 g/mol. The van der Waals surface area contributed by atoms with Gasteiger partial charge in [-0.25, -0.2) is 15.0 Å². The van der Waals surface area contributed by atoms with Gasteiger partial charge in [-0.05, 0) is 36.8 Å². The molecule has 1 atom stereocenters. The van der Waals surface area contributed by atoms with Crippen molar-refractivity contribution in [3.8, 4) is 11.5 Å². The first kappa shape index (κ1) is 15.5. The SMILES string of the molecule is CC(c1c(N)nc(-c2cccc(C(F)(F)F)n2)nc1N)C1CC1. The Morgan fingerprint density at radius 1 is 1.09 bits per heavy atom. The van der Waals surface area contributed by atoms with Gasteiger partial charge >= 0.3 is 6.18 Å². The molecule has 1 aliphatic rings. The fourth-order valence-electron chi connectivity index (χ4n) is 2.63. The Labute approximate surface area is 131 Å². The summed E-state index contributed by atoms with van der Waals surface area (Å²) in [5.41, 5.74) is 11.6. The van der Waals surface area contributed by atoms with E-state index in [1.807, 2.05) is 6.92 Å². The third-order valence-electron chi connectivity index (χ3n) is 4.06. The molecule has 2 aromatic heterocycles. The number of aromatic nitrogens is 3. The van der Waals surface area contributed by atoms with Gasteiger partial charge in [0.05, 0.1) is 0 Å². The molecular formula is C15H16F3N5. The highest BCUT2D eigenvalue weighted by atomic mass is 19.4. The Morgan fingerprint density at radius 3 is 2.22 bits per heavy atom. The van der Waals surface area contributed by atoms with Crippen LogP contribution in [0.2, 0.25) is 0 Å². The topological polar surface area (TPSA) is 90.7 Å². The van der Waals surface area contributed by atoms with E-state index >= 15 is 0 Å². The molecule has 4 N–H and O–H groups in total. The minimum atomic E-state index is -4.53. The standard InChI is InChI=1S/C15H16F3N5/c1-7(8-5-6-8)11-12(19)22-14(23-13(11)20)9-3-2-4-10(21-9)15(16,17)18/h2-4,7-8H,5-6H2,1H3,(H4,19,20,22,23). The lowest BCUT2D eigenvalue weighted by Gasteiger charge is -2.16. The second kappa shape index (κ2) is 5.36. The highest BCUT2D eigenvalue weighted by Crippen LogP contribution is 2.45. The van der Waals surface area contributed by atoms with E-state index in [-0.39, 0.29) is 29.1 Å². The lowest BCUT2D eigenvalue weighted by Crippen LogP contribution is -2.12. The van der Waals surface area contributed by atoms with E-state index < -0.39 is 11.9 Å². The van der Waals surface area contributed by atoms with Crippen molar-refractivity contribution in [1.29, 1.82) is 0 Å². The Bertz CT molecular complexity index is 717. The van der Waals surface area contributed by atoms with Crippen molar-refractivity contribution in [2.24, 2.45) is 5.92 Å². The maximum absolute atomic E-state index is 12.8. The molecule has 1 unspecified atom stereocenters. The quantitative estimate of drug-likeness (QED) is 0.905. The van der Waals surface area contributed by atoms with Gasteiger partial charge in [-0.1, -0.05) is 13.0 Å². The summed E-state index contributed by atoms with van der Waals surface area (Å²) in [5.74, 6) is 1.05. The van der Waals surface area contributed by atoms with Crippen molar-refractivity contribution in [2.75, 3.05) is 11.5 Å². The predicted molar refractivity (Wildman–Crippen MR) is 80.2 cm³/mol. The van der Waals surface area contributed by atoms with E-state index in [2.05, 4.69) is 15.0 Å². The molecule has 2 heterocycles. The summed E-state index contributed by atoms with van der Waals surface area (Å²) in [4.78, 5) is 11.8. The Kier molecular flexibility index (Phi) is 3.62. The molecule has 1 fully saturated rings. The highest BCUT2D eigenvalue weighted by molar-refractivity contribution is 5.62. The first-order chi connectivity index (χ1) is 10.8. The Balaban J connectivity index is 2.01. The third kappa shape index (κ3) is 3.06. The van der Waals surface area contributed by atoms with Crippen molar-refractivity contribution in [1.82, 2.24) is 15.0 Å². The molecule has 8 heteroatoms. The average Bonchev–Trinajstić information content (AvgIpc) is 3.30. The molecule has 0 aromatic carbocycles. The molecular weight excluding hydrogens is 307 g/mol. The number of nitrogens with zero attached hydrogens (tertiary/aromatic N) is 3. The van der Waals surface area contributed by atoms with Crippen molar-refractivity contribution in [3.05, 3.63) is 29.5 Å². The van der Waals surface area contributed by atoms with E-state index in [0.29, 0.717) is 11.5 Å². The second-order valence-electron chi connectivity index (χ2n) is 5.76. The largest absolute Gasteiger partial charge is 0.433 e. The van der Waals surface area contributed by atoms with Crippen LogP contribution in [0.1, 0.15) is 36.9 Å². The zero-order valence-corrected chi connectivity index (χ0v) is 12.4. The van der Waals surface area contributed by atoms with Crippen molar-refractivity contribution in [2.45, 2.75) is 31.9 Å². The van der Waals surface area contributed by atoms with Crippen LogP contribution < -0.4 is 11.5 Å². The van der Waals surface area contributed by atoms with Crippen LogP contribution in [0.5, 0.6) is 0 Å². The van der Waals surface area contributed by atoms with E-state index in [0.717, 1.165) is 18.9 Å². The maximum atomic E-state index is 12.8. The maximum Gasteiger partial charge on any atom is 0.433 e. The molecule has 0 amide bonds. The minimum absolute atomic E-state index is 0.00199. The molecule has 5 nitrogen and oxygen atoms in total. The minimum Gasteiger partial charge on any atom is -0.383 e. The fourth-order valence-corrected chi connectivity index (χ4v) is 2.63. The molecule has 0 spiro atoms. The van der Waals surface area contributed by atoms with Gasteiger partial charge in [-0.2, -0.15) is 13.2 Å². The molecule has 122 valence electrons. The predicted octanol–water partition coefficient (Wildman–Crippen LogP) is 3.24. The molecule has 3 rings (SSSR count). The third-order valence-corrected chi connectivity index (χ3v) is 4.06. The number of nitrogens with two attached hydrogens (primary N) is 2. The Morgan fingerprint density at radius 2 is 1.70 bits per heavy atom. The normalized spacial score (nSPS) is 16.3. The number of anilines is 2. The van der Waals surface area contributed by atoms with Crippen molar-refractivity contribution >= 4 is 11.6 Å². The van der Waals surface area contributed by atoms with E-state index in [1.54, 1.807) is 0 Å². The molecule has 23 heavy (non-hydrogen) atoms. The lowest BCUT2D eigenvalue weighted by molar-refractivity contribution is -0.141. The number of halogens is 3. The van der Waals surface area contributed by atoms with Crippen LogP contribution in [-0.4, -0.2) is 15.0 Å². The summed E-state index contributed by atoms with van der Waals surface area (Å²) in [6, 6.07) is 3.54. The lowest BCUT2D eigenvalue weighted by atomic mass is 9.97. The first-order valence-electron chi connectivity index (χ1n) is 7.25. The summed E-state index contributed by atoms with van der Waals surface area (Å²) in [6.07, 6.45) is -2.32. The van der Waals surface area contributed by atoms with Gasteiger partial charge < -0.3 is 11.5 Å². The molecule has 0 radical (unpaired) electrons. The molecule has 1 aliphatic carbocycles. The smallest absolute Gasteiger partial charge is 0.383 e. The van der Waals surface area contributed by atoms with E-state index in [9.17, 15) is 13.2 Å². The van der Waals surface area contributed by atoms with Crippen LogP contribution in [0, 0.1) is 5.92 Å². The zero-order valence-electron chi connectivity index (χ0n) is 12.4. The van der Waals surface area contributed by atoms with Crippen LogP contribution in [0.25, 0.3) is 11.5 Å². The van der Waals surface area contributed by atoms with E-state index in [1.165, 1.54) is 12.1 Å². The summed E-state index contributed by atoms with van der Waals surface area (Å²) in [5, 5.41) is 0. The average molecular weight is 323 g/mol. The molecule has 0 saturated heterocycles. The van der Waals surface area contributed by atoms with Gasteiger partial charge in [0.25, 0.3) is 0 Å². The fraction of sp³-hybridized carbons (Fsp3) is 0.400. The molecule has 0 bridgehead atoms. The van der Waals surface area contributed by atoms with Gasteiger partial charge in [-0.3, -0.25) is 0 Å². The van der Waals surface area contributed by atoms with Gasteiger partial charge in [0.2, 0.25) is 0 Å². The highest BCUT2D eigenvalue weighted by Gasteiger charge is 2.34. The van der Waals surface area contributed by atoms with Crippen LogP contribution in [0.3, 0.4) is 0 Å². The van der Waals surface area contributed by atoms with E-state index in [4.69, 9.17) is 11.5 Å². The first-order valence-corrected chi connectivity index (χ1v) is 7.25. The number of hydrogen-bond acceptors (Lipinski definition) is 5. The van der Waals surface area contributed by atoms with Crippen LogP contribution >= 0.6 is 0 Å². The van der Waals surface area contributed by atoms with Crippen molar-refractivity contribution in [3.63, 3.8) is 0 Å². The summed E-state index contributed by atoms with van der Waals surface area (Å²) < 4.78 is 38.3. The number of hydrogen-bond donors (Lipinski definition) is 2. The summed E-state index contributed by atoms with van der Waals surface area (Å²) in [6.45, 7) is 2.01. The second-order valence-corrected chi connectivity index (χ2v) is 5.76. The van der Waals surface area contributed by atoms with Crippen molar-refractivity contribution < 1.29 is 13.2 Å². The van der Waals surface area contributed by atoms with Gasteiger partial charge in [0, 0.05) is 5.56 Å². The molecule has 2 aromatic rings. The van der Waals surface area contributed by atoms with Crippen LogP contribution in [-0.2, 0) is 6.18 Å². The van der Waals surface area contributed by atoms with Gasteiger partial charge in [-0.15, -0.1) is 0 Å². The Hall–Kier alpha value is -2.38. The van der Waals surface area contributed by atoms with Crippen LogP contribution in [0.15, 0.2) is 18.2 Å². The summed E-state index contributed by atoms with van der Waals surface area (Å²) >= 11 is 0. The number of nitrogen functional groups attached to an aromatic ring is 2. The van der Waals surface area contributed by atoms with Gasteiger partial charge in [0.1, 0.15) is 23.0 Å². The number of alkyl halides is 3. The molecule has 0 aliphatic heterocycles. The van der Waals surface area contributed by atoms with Gasteiger partial charge in [0.15, 0.2) is 5.82 Å². The number of rotatable bonds is 3. The van der Waals surface area contributed by atoms with Crippen LogP contribution in [0.4, 0.5) is 24.8 Å². The molecule has 1 saturated carbocycles. The number of pyridine rings is 1. The zero-order chi connectivity index (χ0) is 16.8. The summed E-state index contributed by atoms with van der Waals surface area (Å²) in [7, 11) is 0.